The molecule has 0 saturated heterocycles. The molecule has 0 spiro atoms. The van der Waals surface area contributed by atoms with Crippen molar-refractivity contribution in [3.8, 4) is 24.2 Å². The zero-order chi connectivity index (χ0) is 10.7. The third-order valence-electron chi connectivity index (χ3n) is 2.20. The van der Waals surface area contributed by atoms with Crippen LogP contribution in [0.25, 0.3) is 0 Å². The first-order chi connectivity index (χ1) is 7.31. The van der Waals surface area contributed by atoms with Crippen molar-refractivity contribution in [2.45, 2.75) is 12.5 Å². The predicted octanol–water partition coefficient (Wildman–Crippen LogP) is 1.46. The quantitative estimate of drug-likeness (QED) is 0.464. The van der Waals surface area contributed by atoms with E-state index in [1.54, 1.807) is 0 Å². The molecule has 72 valence electrons. The summed E-state index contributed by atoms with van der Waals surface area (Å²) in [5, 5.41) is 0. The Morgan fingerprint density at radius 3 is 3.00 bits per heavy atom. The number of fused-ring (bicyclic) bond motifs is 1. The summed E-state index contributed by atoms with van der Waals surface area (Å²) in [4.78, 5) is 11.3. The van der Waals surface area contributed by atoms with Gasteiger partial charge in [-0.1, -0.05) is 24.3 Å². The maximum absolute atomic E-state index is 11.3. The van der Waals surface area contributed by atoms with E-state index in [0.29, 0.717) is 6.42 Å². The van der Waals surface area contributed by atoms with E-state index in [4.69, 9.17) is 11.2 Å². The number of cyclic esters (lactones) is 1. The van der Waals surface area contributed by atoms with Crippen LogP contribution in [-0.2, 0) is 16.0 Å². The molecule has 0 aromatic heterocycles. The zero-order valence-electron chi connectivity index (χ0n) is 7.99. The predicted molar refractivity (Wildman–Crippen MR) is 55.6 cm³/mol. The number of carbonyl (C=O) groups is 1. The summed E-state index contributed by atoms with van der Waals surface area (Å²) in [6.45, 7) is 0. The van der Waals surface area contributed by atoms with Gasteiger partial charge in [-0.15, -0.1) is 6.42 Å². The average molecular weight is 196 g/mol. The lowest BCUT2D eigenvalue weighted by atomic mass is 9.97. The van der Waals surface area contributed by atoms with Gasteiger partial charge in [-0.2, -0.15) is 0 Å². The molecule has 0 saturated carbocycles. The van der Waals surface area contributed by atoms with Crippen LogP contribution in [0.1, 0.15) is 17.2 Å². The SMILES string of the molecule is C#CC#C[C@@H]1OC(=O)Cc2ccccc21. The molecular formula is C13H8O2. The lowest BCUT2D eigenvalue weighted by Crippen LogP contribution is -2.20. The number of rotatable bonds is 0. The molecule has 1 heterocycles. The first-order valence-corrected chi connectivity index (χ1v) is 4.54. The highest BCUT2D eigenvalue weighted by Crippen LogP contribution is 2.26. The van der Waals surface area contributed by atoms with Gasteiger partial charge in [0.2, 0.25) is 0 Å². The minimum absolute atomic E-state index is 0.259. The molecule has 0 radical (unpaired) electrons. The topological polar surface area (TPSA) is 26.3 Å². The lowest BCUT2D eigenvalue weighted by molar-refractivity contribution is -0.147. The number of hydrogen-bond donors (Lipinski definition) is 0. The fourth-order valence-electron chi connectivity index (χ4n) is 1.56. The third-order valence-corrected chi connectivity index (χ3v) is 2.20. The standard InChI is InChI=1S/C13H8O2/c1-2-3-8-12-11-7-5-4-6-10(11)9-13(14)15-12/h1,4-7,12H,9H2/t12-/m0/s1. The highest BCUT2D eigenvalue weighted by Gasteiger charge is 2.24. The third kappa shape index (κ3) is 1.85. The maximum Gasteiger partial charge on any atom is 0.311 e. The molecule has 0 amide bonds. The summed E-state index contributed by atoms with van der Waals surface area (Å²) in [5.74, 6) is 7.16. The Morgan fingerprint density at radius 1 is 1.40 bits per heavy atom. The molecular weight excluding hydrogens is 188 g/mol. The van der Waals surface area contributed by atoms with Crippen molar-refractivity contribution >= 4 is 5.97 Å². The van der Waals surface area contributed by atoms with Gasteiger partial charge in [0.25, 0.3) is 0 Å². The van der Waals surface area contributed by atoms with Crippen molar-refractivity contribution < 1.29 is 9.53 Å². The van der Waals surface area contributed by atoms with E-state index in [2.05, 4.69) is 17.8 Å². The summed E-state index contributed by atoms with van der Waals surface area (Å²) >= 11 is 0. The number of carbonyl (C=O) groups excluding carboxylic acids is 1. The highest BCUT2D eigenvalue weighted by atomic mass is 16.5. The number of terminal acetylenes is 1. The molecule has 2 nitrogen and oxygen atoms in total. The van der Waals surface area contributed by atoms with Crippen LogP contribution >= 0.6 is 0 Å². The van der Waals surface area contributed by atoms with Crippen LogP contribution in [0, 0.1) is 24.2 Å². The molecule has 0 fully saturated rings. The lowest BCUT2D eigenvalue weighted by Gasteiger charge is -2.21. The zero-order valence-corrected chi connectivity index (χ0v) is 7.99. The Balaban J connectivity index is 2.43. The van der Waals surface area contributed by atoms with Gasteiger partial charge in [-0.3, -0.25) is 4.79 Å². The summed E-state index contributed by atoms with van der Waals surface area (Å²) < 4.78 is 5.11. The van der Waals surface area contributed by atoms with E-state index in [1.807, 2.05) is 24.3 Å². The highest BCUT2D eigenvalue weighted by molar-refractivity contribution is 5.76. The number of benzene rings is 1. The van der Waals surface area contributed by atoms with E-state index in [9.17, 15) is 4.79 Å². The van der Waals surface area contributed by atoms with Gasteiger partial charge in [-0.25, -0.2) is 0 Å². The van der Waals surface area contributed by atoms with E-state index in [1.165, 1.54) is 0 Å². The van der Waals surface area contributed by atoms with Gasteiger partial charge in [0.15, 0.2) is 6.10 Å². The molecule has 2 heteroatoms. The second-order valence-corrected chi connectivity index (χ2v) is 3.16. The van der Waals surface area contributed by atoms with Crippen LogP contribution in [0.5, 0.6) is 0 Å². The Morgan fingerprint density at radius 2 is 2.20 bits per heavy atom. The van der Waals surface area contributed by atoms with E-state index >= 15 is 0 Å². The van der Waals surface area contributed by atoms with Gasteiger partial charge >= 0.3 is 5.97 Å². The fraction of sp³-hybridized carbons (Fsp3) is 0.154. The van der Waals surface area contributed by atoms with Crippen LogP contribution in [0.3, 0.4) is 0 Å². The minimum atomic E-state index is -0.515. The van der Waals surface area contributed by atoms with E-state index in [0.717, 1.165) is 11.1 Å². The Bertz CT molecular complexity index is 497. The molecule has 1 atom stereocenters. The summed E-state index contributed by atoms with van der Waals surface area (Å²) in [7, 11) is 0. The monoisotopic (exact) mass is 196 g/mol. The first-order valence-electron chi connectivity index (χ1n) is 4.54. The van der Waals surface area contributed by atoms with Crippen molar-refractivity contribution in [2.75, 3.05) is 0 Å². The molecule has 0 N–H and O–H groups in total. The van der Waals surface area contributed by atoms with Crippen molar-refractivity contribution in [1.29, 1.82) is 0 Å². The van der Waals surface area contributed by atoms with Gasteiger partial charge in [0.05, 0.1) is 6.42 Å². The van der Waals surface area contributed by atoms with E-state index < -0.39 is 6.10 Å². The number of esters is 1. The Kier molecular flexibility index (Phi) is 2.44. The van der Waals surface area contributed by atoms with Gasteiger partial charge in [0, 0.05) is 5.56 Å². The van der Waals surface area contributed by atoms with Crippen molar-refractivity contribution in [2.24, 2.45) is 0 Å². The average Bonchev–Trinajstić information content (AvgIpc) is 2.25. The van der Waals surface area contributed by atoms with Crippen molar-refractivity contribution in [3.63, 3.8) is 0 Å². The minimum Gasteiger partial charge on any atom is -0.444 e. The molecule has 1 aromatic carbocycles. The normalized spacial score (nSPS) is 17.8. The largest absolute Gasteiger partial charge is 0.444 e. The Labute approximate surface area is 88.3 Å². The maximum atomic E-state index is 11.3. The van der Waals surface area contributed by atoms with Crippen molar-refractivity contribution in [1.82, 2.24) is 0 Å². The molecule has 0 bridgehead atoms. The molecule has 0 unspecified atom stereocenters. The van der Waals surface area contributed by atoms with Crippen molar-refractivity contribution in [3.05, 3.63) is 35.4 Å². The number of hydrogen-bond acceptors (Lipinski definition) is 2. The van der Waals surface area contributed by atoms with Gasteiger partial charge < -0.3 is 4.74 Å². The molecule has 1 aliphatic rings. The van der Waals surface area contributed by atoms with Gasteiger partial charge in [0.1, 0.15) is 0 Å². The summed E-state index contributed by atoms with van der Waals surface area (Å²) in [6.07, 6.45) is 4.83. The smallest absolute Gasteiger partial charge is 0.311 e. The molecule has 2 rings (SSSR count). The number of ether oxygens (including phenoxy) is 1. The van der Waals surface area contributed by atoms with Crippen LogP contribution < -0.4 is 0 Å². The second-order valence-electron chi connectivity index (χ2n) is 3.16. The Hall–Kier alpha value is -2.19. The van der Waals surface area contributed by atoms with Crippen LogP contribution in [0.4, 0.5) is 0 Å². The van der Waals surface area contributed by atoms with Crippen LogP contribution in [-0.4, -0.2) is 5.97 Å². The molecule has 0 aliphatic carbocycles. The molecule has 1 aromatic rings. The first kappa shape index (κ1) is 9.37. The molecule has 1 aliphatic heterocycles. The molecule has 15 heavy (non-hydrogen) atoms. The van der Waals surface area contributed by atoms with Crippen LogP contribution in [0.2, 0.25) is 0 Å². The van der Waals surface area contributed by atoms with E-state index in [-0.39, 0.29) is 5.97 Å². The fourth-order valence-corrected chi connectivity index (χ4v) is 1.56. The van der Waals surface area contributed by atoms with Crippen LogP contribution in [0.15, 0.2) is 24.3 Å². The van der Waals surface area contributed by atoms with Gasteiger partial charge in [-0.05, 0) is 23.3 Å². The summed E-state index contributed by atoms with van der Waals surface area (Å²) in [6, 6.07) is 7.59. The summed E-state index contributed by atoms with van der Waals surface area (Å²) in [5.41, 5.74) is 1.89. The second kappa shape index (κ2) is 3.90.